The number of hydrogen-bond acceptors (Lipinski definition) is 4. The summed E-state index contributed by atoms with van der Waals surface area (Å²) in [5.74, 6) is 0. The summed E-state index contributed by atoms with van der Waals surface area (Å²) in [6, 6.07) is 4.16. The topological polar surface area (TPSA) is 88.5 Å². The fraction of sp³-hybridized carbons (Fsp3) is 0.143. The van der Waals surface area contributed by atoms with Gasteiger partial charge in [0.25, 0.3) is 10.1 Å². The van der Waals surface area contributed by atoms with E-state index in [1.54, 1.807) is 0 Å². The molecule has 10 heteroatoms. The van der Waals surface area contributed by atoms with E-state index < -0.39 is 21.4 Å². The van der Waals surface area contributed by atoms with Crippen molar-refractivity contribution in [3.05, 3.63) is 24.3 Å². The number of benzene rings is 1. The van der Waals surface area contributed by atoms with Crippen molar-refractivity contribution in [3.63, 3.8) is 0 Å². The molecule has 0 aliphatic heterocycles. The highest BCUT2D eigenvalue weighted by atomic mass is 80.0. The monoisotopic (exact) mass is 470 g/mol. The van der Waals surface area contributed by atoms with Gasteiger partial charge >= 0.3 is 0 Å². The van der Waals surface area contributed by atoms with Crippen molar-refractivity contribution in [2.75, 3.05) is 0 Å². The van der Waals surface area contributed by atoms with Gasteiger partial charge < -0.3 is 0 Å². The minimum Gasteiger partial charge on any atom is -0.282 e. The summed E-state index contributed by atoms with van der Waals surface area (Å²) in [7, 11) is -8.10. The summed E-state index contributed by atoms with van der Waals surface area (Å²) in [4.78, 5) is -0.490. The molecule has 0 radical (unpaired) electrons. The molecule has 0 unspecified atom stereocenters. The van der Waals surface area contributed by atoms with E-state index in [0.29, 0.717) is 0 Å². The molecule has 1 N–H and O–H groups in total. The highest BCUT2D eigenvalue weighted by Crippen LogP contribution is 2.43. The molecule has 17 heavy (non-hydrogen) atoms. The molecule has 0 atom stereocenters. The maximum absolute atomic E-state index is 11.9. The van der Waals surface area contributed by atoms with Gasteiger partial charge in [0.05, 0.1) is 9.79 Å². The highest BCUT2D eigenvalue weighted by molar-refractivity contribution is 9.42. The van der Waals surface area contributed by atoms with Gasteiger partial charge in [-0.25, -0.2) is 8.42 Å². The molecule has 0 saturated heterocycles. The third kappa shape index (κ3) is 3.51. The Balaban J connectivity index is 3.31. The predicted molar refractivity (Wildman–Crippen MR) is 73.0 cm³/mol. The van der Waals surface area contributed by atoms with Crippen LogP contribution in [0.3, 0.4) is 0 Å². The minimum atomic E-state index is -4.33. The van der Waals surface area contributed by atoms with Gasteiger partial charge in [0.1, 0.15) is 0 Å². The molecular weight excluding hydrogens is 468 g/mol. The molecule has 96 valence electrons. The Hall–Kier alpha value is 0.520. The lowest BCUT2D eigenvalue weighted by atomic mass is 10.4. The average Bonchev–Trinajstić information content (AvgIpc) is 2.15. The van der Waals surface area contributed by atoms with Crippen LogP contribution in [0.2, 0.25) is 0 Å². The molecule has 1 aromatic rings. The van der Waals surface area contributed by atoms with Crippen LogP contribution in [-0.4, -0.2) is 22.9 Å². The third-order valence-electron chi connectivity index (χ3n) is 1.74. The molecule has 1 rings (SSSR count). The van der Waals surface area contributed by atoms with E-state index in [0.717, 1.165) is 24.3 Å². The summed E-state index contributed by atoms with van der Waals surface area (Å²) in [5, 5.41) is 0. The average molecular weight is 473 g/mol. The molecule has 5 nitrogen and oxygen atoms in total. The van der Waals surface area contributed by atoms with Gasteiger partial charge in [-0.05, 0) is 72.1 Å². The molecule has 0 bridgehead atoms. The molecule has 0 aromatic heterocycles. The summed E-state index contributed by atoms with van der Waals surface area (Å²) < 4.78 is 52.5. The lowest BCUT2D eigenvalue weighted by Gasteiger charge is -2.13. The quantitative estimate of drug-likeness (QED) is 0.527. The largest absolute Gasteiger partial charge is 0.294 e. The first-order chi connectivity index (χ1) is 7.46. The van der Waals surface area contributed by atoms with Crippen molar-refractivity contribution in [3.8, 4) is 0 Å². The van der Waals surface area contributed by atoms with E-state index in [1.165, 1.54) is 0 Å². The second kappa shape index (κ2) is 4.89. The molecule has 1 aromatic carbocycles. The van der Waals surface area contributed by atoms with Crippen molar-refractivity contribution in [1.82, 2.24) is 0 Å². The molecule has 0 aliphatic rings. The standard InChI is InChI=1S/C7H5Br3O5S2/c8-7(9,10)16(11,12)5-1-3-6(4-2-5)17(13,14)15/h1-4H,(H,13,14,15). The van der Waals surface area contributed by atoms with Crippen molar-refractivity contribution < 1.29 is 21.4 Å². The van der Waals surface area contributed by atoms with Gasteiger partial charge in [0, 0.05) is 0 Å². The lowest BCUT2D eigenvalue weighted by Crippen LogP contribution is -2.17. The molecule has 0 saturated carbocycles. The number of hydrogen-bond donors (Lipinski definition) is 1. The molecule has 0 aliphatic carbocycles. The van der Waals surface area contributed by atoms with E-state index in [4.69, 9.17) is 4.55 Å². The minimum absolute atomic E-state index is 0.115. The van der Waals surface area contributed by atoms with Gasteiger partial charge in [-0.3, -0.25) is 4.55 Å². The number of halogens is 3. The van der Waals surface area contributed by atoms with Crippen molar-refractivity contribution in [2.45, 2.75) is 11.3 Å². The second-order valence-corrected chi connectivity index (χ2v) is 14.7. The Morgan fingerprint density at radius 2 is 1.24 bits per heavy atom. The number of alkyl halides is 3. The summed E-state index contributed by atoms with van der Waals surface area (Å²) in [5.41, 5.74) is 0. The Labute approximate surface area is 124 Å². The maximum atomic E-state index is 11.9. The van der Waals surface area contributed by atoms with E-state index in [1.807, 2.05) is 0 Å². The normalized spacial score (nSPS) is 13.6. The summed E-state index contributed by atoms with van der Waals surface area (Å²) in [6.07, 6.45) is 0. The number of sulfone groups is 1. The van der Waals surface area contributed by atoms with Crippen LogP contribution in [0.5, 0.6) is 0 Å². The van der Waals surface area contributed by atoms with Crippen LogP contribution in [0, 0.1) is 0 Å². The van der Waals surface area contributed by atoms with E-state index in [9.17, 15) is 16.8 Å². The fourth-order valence-corrected chi connectivity index (χ4v) is 3.85. The summed E-state index contributed by atoms with van der Waals surface area (Å²) in [6.45, 7) is 0. The van der Waals surface area contributed by atoms with Gasteiger partial charge in [0.15, 0.2) is 0 Å². The van der Waals surface area contributed by atoms with E-state index >= 15 is 0 Å². The molecule has 0 spiro atoms. The predicted octanol–water partition coefficient (Wildman–Crippen LogP) is 2.50. The molecule has 0 heterocycles. The first kappa shape index (κ1) is 15.6. The Morgan fingerprint density at radius 1 is 0.882 bits per heavy atom. The molecular formula is C7H5Br3O5S2. The number of rotatable bonds is 2. The van der Waals surface area contributed by atoms with Gasteiger partial charge in [0.2, 0.25) is 11.3 Å². The van der Waals surface area contributed by atoms with Gasteiger partial charge in [-0.2, -0.15) is 8.42 Å². The van der Waals surface area contributed by atoms with Crippen LogP contribution in [0.25, 0.3) is 0 Å². The van der Waals surface area contributed by atoms with Crippen molar-refractivity contribution >= 4 is 67.7 Å². The zero-order valence-electron chi connectivity index (χ0n) is 7.84. The highest BCUT2D eigenvalue weighted by Gasteiger charge is 2.37. The molecule has 0 amide bonds. The Bertz CT molecular complexity index is 612. The van der Waals surface area contributed by atoms with Crippen LogP contribution in [-0.2, 0) is 20.0 Å². The lowest BCUT2D eigenvalue weighted by molar-refractivity contribution is 0.483. The first-order valence-corrected chi connectivity index (χ1v) is 9.15. The second-order valence-electron chi connectivity index (χ2n) is 2.90. The smallest absolute Gasteiger partial charge is 0.282 e. The molecule has 0 fully saturated rings. The van der Waals surface area contributed by atoms with Crippen LogP contribution in [0.15, 0.2) is 34.1 Å². The fourth-order valence-electron chi connectivity index (χ4n) is 0.924. The Morgan fingerprint density at radius 3 is 1.53 bits per heavy atom. The van der Waals surface area contributed by atoms with E-state index in [2.05, 4.69) is 47.8 Å². The van der Waals surface area contributed by atoms with Crippen LogP contribution in [0.4, 0.5) is 0 Å². The zero-order chi connectivity index (χ0) is 13.5. The SMILES string of the molecule is O=S(=O)(O)c1ccc(S(=O)(=O)C(Br)(Br)Br)cc1. The zero-order valence-corrected chi connectivity index (χ0v) is 14.2. The Kier molecular flexibility index (Phi) is 4.48. The first-order valence-electron chi connectivity index (χ1n) is 3.85. The summed E-state index contributed by atoms with van der Waals surface area (Å²) >= 11 is 8.62. The van der Waals surface area contributed by atoms with Crippen molar-refractivity contribution in [1.29, 1.82) is 0 Å². The van der Waals surface area contributed by atoms with Crippen LogP contribution >= 0.6 is 47.8 Å². The van der Waals surface area contributed by atoms with Gasteiger partial charge in [-0.1, -0.05) is 0 Å². The maximum Gasteiger partial charge on any atom is 0.294 e. The third-order valence-corrected chi connectivity index (χ3v) is 7.94. The van der Waals surface area contributed by atoms with E-state index in [-0.39, 0.29) is 9.79 Å². The van der Waals surface area contributed by atoms with Crippen molar-refractivity contribution in [2.24, 2.45) is 0 Å². The van der Waals surface area contributed by atoms with Gasteiger partial charge in [-0.15, -0.1) is 0 Å². The van der Waals surface area contributed by atoms with Crippen LogP contribution < -0.4 is 0 Å². The van der Waals surface area contributed by atoms with Crippen LogP contribution in [0.1, 0.15) is 0 Å².